The van der Waals surface area contributed by atoms with Crippen LogP contribution in [0.5, 0.6) is 0 Å². The van der Waals surface area contributed by atoms with E-state index in [4.69, 9.17) is 0 Å². The maximum Gasteiger partial charge on any atom is 0.303 e. The van der Waals surface area contributed by atoms with Gasteiger partial charge < -0.3 is 0 Å². The molecule has 0 N–H and O–H groups in total. The molecule has 0 unspecified atom stereocenters. The third kappa shape index (κ3) is 1.58. The van der Waals surface area contributed by atoms with Crippen LogP contribution in [0.2, 0.25) is 0 Å². The molecule has 0 spiro atoms. The van der Waals surface area contributed by atoms with Crippen LogP contribution in [0.25, 0.3) is 0 Å². The van der Waals surface area contributed by atoms with Crippen LogP contribution in [-0.4, -0.2) is 37.8 Å². The van der Waals surface area contributed by atoms with Gasteiger partial charge in [-0.25, -0.2) is 0 Å². The average molecular weight is 213 g/mol. The summed E-state index contributed by atoms with van der Waals surface area (Å²) in [7, 11) is -1.76. The molecule has 0 atom stereocenters. The SMILES string of the molecule is CN(c1cccnc1)S(=O)(=O)N1CC1. The van der Waals surface area contributed by atoms with Gasteiger partial charge in [0.2, 0.25) is 0 Å². The molecule has 0 aliphatic carbocycles. The van der Waals surface area contributed by atoms with Crippen molar-refractivity contribution in [2.24, 2.45) is 0 Å². The molecule has 6 heteroatoms. The summed E-state index contributed by atoms with van der Waals surface area (Å²) >= 11 is 0. The first kappa shape index (κ1) is 9.42. The number of aromatic nitrogens is 1. The van der Waals surface area contributed by atoms with E-state index in [-0.39, 0.29) is 0 Å². The fraction of sp³-hybridized carbons (Fsp3) is 0.375. The van der Waals surface area contributed by atoms with E-state index in [1.54, 1.807) is 18.3 Å². The lowest BCUT2D eigenvalue weighted by atomic mass is 10.4. The Balaban J connectivity index is 2.28. The van der Waals surface area contributed by atoms with Crippen molar-refractivity contribution in [3.05, 3.63) is 24.5 Å². The Morgan fingerprint density at radius 2 is 2.21 bits per heavy atom. The summed E-state index contributed by atoms with van der Waals surface area (Å²) in [6.07, 6.45) is 3.14. The molecule has 0 bridgehead atoms. The lowest BCUT2D eigenvalue weighted by Gasteiger charge is -2.18. The van der Waals surface area contributed by atoms with E-state index in [2.05, 4.69) is 4.98 Å². The molecule has 14 heavy (non-hydrogen) atoms. The third-order valence-corrected chi connectivity index (χ3v) is 4.01. The van der Waals surface area contributed by atoms with Gasteiger partial charge in [-0.05, 0) is 12.1 Å². The molecule has 2 rings (SSSR count). The van der Waals surface area contributed by atoms with Gasteiger partial charge in [-0.2, -0.15) is 12.7 Å². The molecule has 5 nitrogen and oxygen atoms in total. The lowest BCUT2D eigenvalue weighted by molar-refractivity contribution is 0.561. The fourth-order valence-electron chi connectivity index (χ4n) is 1.12. The standard InChI is InChI=1S/C8H11N3O2S/c1-10(8-3-2-4-9-7-8)14(12,13)11-5-6-11/h2-4,7H,5-6H2,1H3. The number of anilines is 1. The highest BCUT2D eigenvalue weighted by atomic mass is 32.2. The maximum atomic E-state index is 11.7. The molecular weight excluding hydrogens is 202 g/mol. The van der Waals surface area contributed by atoms with Crippen molar-refractivity contribution in [1.82, 2.24) is 9.29 Å². The molecule has 0 aromatic carbocycles. The first-order valence-corrected chi connectivity index (χ1v) is 5.66. The molecule has 1 fully saturated rings. The van der Waals surface area contributed by atoms with Crippen LogP contribution in [0, 0.1) is 0 Å². The molecule has 1 aliphatic heterocycles. The summed E-state index contributed by atoms with van der Waals surface area (Å²) in [5.74, 6) is 0. The van der Waals surface area contributed by atoms with E-state index in [1.165, 1.54) is 21.9 Å². The molecule has 0 saturated carbocycles. The summed E-state index contributed by atoms with van der Waals surface area (Å²) in [5.41, 5.74) is 0.583. The van der Waals surface area contributed by atoms with Crippen molar-refractivity contribution in [3.8, 4) is 0 Å². The minimum Gasteiger partial charge on any atom is -0.263 e. The number of hydrogen-bond acceptors (Lipinski definition) is 3. The van der Waals surface area contributed by atoms with Crippen molar-refractivity contribution in [2.45, 2.75) is 0 Å². The molecule has 1 saturated heterocycles. The quantitative estimate of drug-likeness (QED) is 0.668. The van der Waals surface area contributed by atoms with E-state index < -0.39 is 10.2 Å². The van der Waals surface area contributed by atoms with Gasteiger partial charge >= 0.3 is 10.2 Å². The van der Waals surface area contributed by atoms with Crippen molar-refractivity contribution < 1.29 is 8.42 Å². The smallest absolute Gasteiger partial charge is 0.263 e. The second-order valence-corrected chi connectivity index (χ2v) is 5.05. The number of rotatable bonds is 3. The van der Waals surface area contributed by atoms with Gasteiger partial charge in [0.05, 0.1) is 11.9 Å². The highest BCUT2D eigenvalue weighted by Crippen LogP contribution is 2.20. The molecule has 1 aliphatic rings. The molecule has 0 amide bonds. The first-order chi connectivity index (χ1) is 6.62. The summed E-state index contributed by atoms with van der Waals surface area (Å²) in [4.78, 5) is 3.87. The van der Waals surface area contributed by atoms with Crippen LogP contribution in [0.1, 0.15) is 0 Å². The summed E-state index contributed by atoms with van der Waals surface area (Å²) in [5, 5.41) is 0. The minimum absolute atomic E-state index is 0.583. The zero-order valence-corrected chi connectivity index (χ0v) is 8.61. The Morgan fingerprint density at radius 1 is 1.50 bits per heavy atom. The zero-order chi connectivity index (χ0) is 10.2. The minimum atomic E-state index is -3.29. The second-order valence-electron chi connectivity index (χ2n) is 3.09. The molecule has 1 aromatic rings. The molecule has 1 aromatic heterocycles. The zero-order valence-electron chi connectivity index (χ0n) is 7.79. The van der Waals surface area contributed by atoms with Crippen molar-refractivity contribution in [3.63, 3.8) is 0 Å². The van der Waals surface area contributed by atoms with Crippen LogP contribution in [-0.2, 0) is 10.2 Å². The molecular formula is C8H11N3O2S. The Labute approximate surface area is 83.2 Å². The van der Waals surface area contributed by atoms with Gasteiger partial charge in [-0.15, -0.1) is 0 Å². The molecule has 0 radical (unpaired) electrons. The van der Waals surface area contributed by atoms with E-state index in [1.807, 2.05) is 0 Å². The van der Waals surface area contributed by atoms with Gasteiger partial charge in [-0.1, -0.05) is 0 Å². The van der Waals surface area contributed by atoms with Gasteiger partial charge in [-0.3, -0.25) is 9.29 Å². The molecule has 2 heterocycles. The van der Waals surface area contributed by atoms with Crippen LogP contribution in [0.4, 0.5) is 5.69 Å². The number of nitrogens with zero attached hydrogens (tertiary/aromatic N) is 3. The van der Waals surface area contributed by atoms with Crippen molar-refractivity contribution in [2.75, 3.05) is 24.4 Å². The van der Waals surface area contributed by atoms with E-state index in [0.717, 1.165) is 0 Å². The normalized spacial score (nSPS) is 16.6. The largest absolute Gasteiger partial charge is 0.303 e. The van der Waals surface area contributed by atoms with E-state index in [0.29, 0.717) is 18.8 Å². The first-order valence-electron chi connectivity index (χ1n) is 4.26. The highest BCUT2D eigenvalue weighted by molar-refractivity contribution is 7.90. The summed E-state index contributed by atoms with van der Waals surface area (Å²) < 4.78 is 26.1. The third-order valence-electron chi connectivity index (χ3n) is 2.09. The Morgan fingerprint density at radius 3 is 2.71 bits per heavy atom. The van der Waals surface area contributed by atoms with E-state index in [9.17, 15) is 8.42 Å². The highest BCUT2D eigenvalue weighted by Gasteiger charge is 2.35. The predicted octanol–water partition coefficient (Wildman–Crippen LogP) is 0.0782. The van der Waals surface area contributed by atoms with Gasteiger partial charge in [0, 0.05) is 26.3 Å². The summed E-state index contributed by atoms with van der Waals surface area (Å²) in [6, 6.07) is 3.43. The lowest BCUT2D eigenvalue weighted by Crippen LogP contribution is -2.32. The van der Waals surface area contributed by atoms with Crippen molar-refractivity contribution >= 4 is 15.9 Å². The topological polar surface area (TPSA) is 53.3 Å². The average Bonchev–Trinajstić information content (AvgIpc) is 3.01. The predicted molar refractivity (Wildman–Crippen MR) is 53.1 cm³/mol. The maximum absolute atomic E-state index is 11.7. The van der Waals surface area contributed by atoms with Crippen LogP contribution < -0.4 is 4.31 Å². The van der Waals surface area contributed by atoms with Crippen molar-refractivity contribution in [1.29, 1.82) is 0 Å². The second kappa shape index (κ2) is 3.21. The van der Waals surface area contributed by atoms with Gasteiger partial charge in [0.1, 0.15) is 0 Å². The monoisotopic (exact) mass is 213 g/mol. The Hall–Kier alpha value is -1.14. The number of hydrogen-bond donors (Lipinski definition) is 0. The van der Waals surface area contributed by atoms with E-state index >= 15 is 0 Å². The van der Waals surface area contributed by atoms with Crippen LogP contribution >= 0.6 is 0 Å². The Bertz CT molecular complexity index is 413. The van der Waals surface area contributed by atoms with Gasteiger partial charge in [0.15, 0.2) is 0 Å². The van der Waals surface area contributed by atoms with Crippen LogP contribution in [0.15, 0.2) is 24.5 Å². The molecule has 76 valence electrons. The van der Waals surface area contributed by atoms with Crippen LogP contribution in [0.3, 0.4) is 0 Å². The van der Waals surface area contributed by atoms with Gasteiger partial charge in [0.25, 0.3) is 0 Å². The summed E-state index contributed by atoms with van der Waals surface area (Å²) in [6.45, 7) is 1.24. The number of pyridine rings is 1. The fourth-order valence-corrected chi connectivity index (χ4v) is 2.38. The Kier molecular flexibility index (Phi) is 2.16.